The third kappa shape index (κ3) is 5.06. The summed E-state index contributed by atoms with van der Waals surface area (Å²) < 4.78 is 104. The van der Waals surface area contributed by atoms with Crippen LogP contribution in [0.15, 0.2) is 24.8 Å². The Morgan fingerprint density at radius 2 is 1.90 bits per heavy atom. The van der Waals surface area contributed by atoms with Crippen LogP contribution in [0.3, 0.4) is 0 Å². The molecule has 1 atom stereocenters. The minimum Gasteiger partial charge on any atom is -0.381 e. The lowest BCUT2D eigenvalue weighted by atomic mass is 9.95. The second kappa shape index (κ2) is 8.55. The summed E-state index contributed by atoms with van der Waals surface area (Å²) in [5, 5.41) is 2.94. The predicted molar refractivity (Wildman–Crippen MR) is 97.7 cm³/mol. The van der Waals surface area contributed by atoms with Gasteiger partial charge in [0.25, 0.3) is 0 Å². The zero-order chi connectivity index (χ0) is 22.0. The molecule has 11 heteroatoms. The molecule has 0 amide bonds. The molecule has 29 heavy (non-hydrogen) atoms. The number of alkyl halides is 6. The van der Waals surface area contributed by atoms with Gasteiger partial charge in [0.05, 0.1) is 5.56 Å². The molecule has 0 saturated carbocycles. The lowest BCUT2D eigenvalue weighted by Crippen LogP contribution is -2.44. The SMILES string of the molecule is C=CCCC1CN(S(=O)(=O)C(F)(F)F)Cc2c(ccc(C(F)(F)F)c2CCC)N1. The highest BCUT2D eigenvalue weighted by atomic mass is 32.2. The van der Waals surface area contributed by atoms with Crippen molar-refractivity contribution in [1.29, 1.82) is 0 Å². The molecular weight excluding hydrogens is 422 g/mol. The lowest BCUT2D eigenvalue weighted by molar-refractivity contribution is -0.138. The number of benzene rings is 1. The fourth-order valence-electron chi connectivity index (χ4n) is 3.37. The summed E-state index contributed by atoms with van der Waals surface area (Å²) in [5.41, 5.74) is -6.55. The molecule has 0 saturated heterocycles. The third-order valence-corrected chi connectivity index (χ3v) is 6.25. The third-order valence-electron chi connectivity index (χ3n) is 4.71. The van der Waals surface area contributed by atoms with Crippen molar-refractivity contribution in [1.82, 2.24) is 4.31 Å². The molecule has 1 unspecified atom stereocenters. The summed E-state index contributed by atoms with van der Waals surface area (Å²) in [6.45, 7) is 3.87. The Hall–Kier alpha value is -1.75. The van der Waals surface area contributed by atoms with Gasteiger partial charge in [0.2, 0.25) is 0 Å². The summed E-state index contributed by atoms with van der Waals surface area (Å²) in [6, 6.07) is 1.33. The second-order valence-electron chi connectivity index (χ2n) is 6.82. The normalized spacial score (nSPS) is 18.7. The number of nitrogens with zero attached hydrogens (tertiary/aromatic N) is 1. The summed E-state index contributed by atoms with van der Waals surface area (Å²) >= 11 is 0. The first-order valence-electron chi connectivity index (χ1n) is 8.98. The van der Waals surface area contributed by atoms with Crippen molar-refractivity contribution in [3.63, 3.8) is 0 Å². The van der Waals surface area contributed by atoms with E-state index in [1.165, 1.54) is 6.08 Å². The van der Waals surface area contributed by atoms with Gasteiger partial charge in [-0.1, -0.05) is 19.4 Å². The van der Waals surface area contributed by atoms with Crippen LogP contribution in [0.4, 0.5) is 32.0 Å². The smallest absolute Gasteiger partial charge is 0.381 e. The standard InChI is InChI=1S/C18H22F6N2O2S/c1-3-5-7-12-10-26(29(27,28)18(22,23)24)11-14-13(6-4-2)15(17(19,20)21)8-9-16(14)25-12/h3,8-9,12,25H,1,4-7,10-11H2,2H3. The number of hydrogen-bond donors (Lipinski definition) is 1. The average molecular weight is 444 g/mol. The molecule has 1 aliphatic heterocycles. The van der Waals surface area contributed by atoms with Crippen molar-refractivity contribution < 1.29 is 34.8 Å². The van der Waals surface area contributed by atoms with E-state index in [0.717, 1.165) is 12.1 Å². The summed E-state index contributed by atoms with van der Waals surface area (Å²) in [7, 11) is -5.72. The van der Waals surface area contributed by atoms with E-state index in [1.807, 2.05) is 0 Å². The van der Waals surface area contributed by atoms with Crippen molar-refractivity contribution in [2.24, 2.45) is 0 Å². The number of allylic oxidation sites excluding steroid dienone is 1. The fraction of sp³-hybridized carbons (Fsp3) is 0.556. The highest BCUT2D eigenvalue weighted by Crippen LogP contribution is 2.40. The molecule has 1 heterocycles. The van der Waals surface area contributed by atoms with Crippen LogP contribution in [0.5, 0.6) is 0 Å². The number of nitrogens with one attached hydrogen (secondary N) is 1. The van der Waals surface area contributed by atoms with E-state index in [0.29, 0.717) is 12.8 Å². The van der Waals surface area contributed by atoms with E-state index in [4.69, 9.17) is 0 Å². The van der Waals surface area contributed by atoms with Crippen LogP contribution in [-0.2, 0) is 29.2 Å². The highest BCUT2D eigenvalue weighted by molar-refractivity contribution is 7.89. The molecule has 1 N–H and O–H groups in total. The van der Waals surface area contributed by atoms with E-state index in [1.54, 1.807) is 6.92 Å². The van der Waals surface area contributed by atoms with Gasteiger partial charge in [-0.3, -0.25) is 0 Å². The van der Waals surface area contributed by atoms with Crippen LogP contribution in [0, 0.1) is 0 Å². The topological polar surface area (TPSA) is 49.4 Å². The maximum Gasteiger partial charge on any atom is 0.511 e. The van der Waals surface area contributed by atoms with Crippen LogP contribution in [-0.4, -0.2) is 30.8 Å². The molecule has 164 valence electrons. The highest BCUT2D eigenvalue weighted by Gasteiger charge is 2.51. The zero-order valence-corrected chi connectivity index (χ0v) is 16.5. The minimum absolute atomic E-state index is 0.0447. The Kier molecular flexibility index (Phi) is 6.93. The van der Waals surface area contributed by atoms with E-state index in [-0.39, 0.29) is 34.0 Å². The number of fused-ring (bicyclic) bond motifs is 1. The predicted octanol–water partition coefficient (Wildman–Crippen LogP) is 5.07. The van der Waals surface area contributed by atoms with Crippen molar-refractivity contribution in [3.8, 4) is 0 Å². The van der Waals surface area contributed by atoms with E-state index in [2.05, 4.69) is 11.9 Å². The van der Waals surface area contributed by atoms with Crippen LogP contribution in [0.2, 0.25) is 0 Å². The van der Waals surface area contributed by atoms with Gasteiger partial charge >= 0.3 is 21.7 Å². The Morgan fingerprint density at radius 1 is 1.24 bits per heavy atom. The maximum absolute atomic E-state index is 13.5. The lowest BCUT2D eigenvalue weighted by Gasteiger charge is -2.25. The van der Waals surface area contributed by atoms with Gasteiger partial charge in [-0.15, -0.1) is 6.58 Å². The number of rotatable bonds is 6. The molecule has 0 fully saturated rings. The Labute approximate surface area is 165 Å². The molecule has 0 radical (unpaired) electrons. The van der Waals surface area contributed by atoms with Gasteiger partial charge in [-0.25, -0.2) is 8.42 Å². The van der Waals surface area contributed by atoms with Crippen molar-refractivity contribution >= 4 is 15.7 Å². The molecule has 0 bridgehead atoms. The van der Waals surface area contributed by atoms with Gasteiger partial charge in [0, 0.05) is 24.8 Å². The van der Waals surface area contributed by atoms with Gasteiger partial charge in [-0.05, 0) is 42.5 Å². The number of sulfonamides is 1. The molecule has 1 aromatic carbocycles. The zero-order valence-electron chi connectivity index (χ0n) is 15.7. The van der Waals surface area contributed by atoms with Gasteiger partial charge < -0.3 is 5.32 Å². The average Bonchev–Trinajstić information content (AvgIpc) is 2.78. The summed E-state index contributed by atoms with van der Waals surface area (Å²) in [4.78, 5) is 0. The second-order valence-corrected chi connectivity index (χ2v) is 8.75. The molecule has 1 aliphatic rings. The largest absolute Gasteiger partial charge is 0.511 e. The number of hydrogen-bond acceptors (Lipinski definition) is 3. The number of anilines is 1. The minimum atomic E-state index is -5.72. The van der Waals surface area contributed by atoms with Crippen LogP contribution >= 0.6 is 0 Å². The van der Waals surface area contributed by atoms with E-state index < -0.39 is 46.4 Å². The molecule has 0 aromatic heterocycles. The molecule has 1 aromatic rings. The van der Waals surface area contributed by atoms with Crippen molar-refractivity contribution in [2.45, 2.75) is 56.9 Å². The first-order chi connectivity index (χ1) is 13.3. The monoisotopic (exact) mass is 444 g/mol. The van der Waals surface area contributed by atoms with Gasteiger partial charge in [0.1, 0.15) is 0 Å². The molecule has 4 nitrogen and oxygen atoms in total. The van der Waals surface area contributed by atoms with E-state index >= 15 is 0 Å². The molecule has 0 spiro atoms. The van der Waals surface area contributed by atoms with Crippen LogP contribution in [0.1, 0.15) is 42.9 Å². The fourth-order valence-corrected chi connectivity index (χ4v) is 4.34. The number of halogens is 6. The molecule has 0 aliphatic carbocycles. The first-order valence-corrected chi connectivity index (χ1v) is 10.4. The van der Waals surface area contributed by atoms with Crippen LogP contribution < -0.4 is 5.32 Å². The molecular formula is C18H22F6N2O2S. The van der Waals surface area contributed by atoms with E-state index in [9.17, 15) is 34.8 Å². The Morgan fingerprint density at radius 3 is 2.41 bits per heavy atom. The summed E-state index contributed by atoms with van der Waals surface area (Å²) in [5.74, 6) is 0. The Balaban J connectivity index is 2.65. The van der Waals surface area contributed by atoms with Crippen LogP contribution in [0.25, 0.3) is 0 Å². The molecule has 2 rings (SSSR count). The Bertz CT molecular complexity index is 849. The van der Waals surface area contributed by atoms with Crippen molar-refractivity contribution in [2.75, 3.05) is 11.9 Å². The van der Waals surface area contributed by atoms with Gasteiger partial charge in [0.15, 0.2) is 0 Å². The summed E-state index contributed by atoms with van der Waals surface area (Å²) in [6.07, 6.45) is -2.23. The van der Waals surface area contributed by atoms with Crippen molar-refractivity contribution in [3.05, 3.63) is 41.5 Å². The van der Waals surface area contributed by atoms with Gasteiger partial charge in [-0.2, -0.15) is 30.6 Å². The first kappa shape index (κ1) is 23.5. The quantitative estimate of drug-likeness (QED) is 0.492. The maximum atomic E-state index is 13.5.